The molecule has 1 aromatic heterocycles. The molecule has 204 valence electrons. The molecule has 0 atom stereocenters. The van der Waals surface area contributed by atoms with Gasteiger partial charge in [0.1, 0.15) is 0 Å². The maximum absolute atomic E-state index is 4.78. The number of hydrogen-bond acceptors (Lipinski definition) is 3. The lowest BCUT2D eigenvalue weighted by Crippen LogP contribution is -2.01. The van der Waals surface area contributed by atoms with E-state index < -0.39 is 0 Å². The van der Waals surface area contributed by atoms with E-state index >= 15 is 0 Å². The molecule has 0 bridgehead atoms. The number of hydrogen-bond donors (Lipinski definition) is 0. The second-order valence-corrected chi connectivity index (χ2v) is 10.6. The predicted molar refractivity (Wildman–Crippen MR) is 181 cm³/mol. The minimum absolute atomic E-state index is 0.555. The standard InChI is InChI=1S/C40H29N3/c1-27(31-24-25-36-34-22-10-9-20-32(34)33-21-11-12-23-35(33)37(36)26-31)14-13-15-28(2)38-41-39(29-16-5-3-6-17-29)43-40(42-38)30-18-7-4-8-19-30/h3-26H,2H2,1H3/b15-13-,27-14+. The molecule has 0 aliphatic heterocycles. The molecule has 0 radical (unpaired) electrons. The monoisotopic (exact) mass is 551 g/mol. The topological polar surface area (TPSA) is 38.7 Å². The number of allylic oxidation sites excluding steroid dienone is 5. The van der Waals surface area contributed by atoms with Crippen LogP contribution in [0.3, 0.4) is 0 Å². The van der Waals surface area contributed by atoms with Gasteiger partial charge < -0.3 is 0 Å². The Balaban J connectivity index is 1.23. The molecule has 43 heavy (non-hydrogen) atoms. The van der Waals surface area contributed by atoms with E-state index in [4.69, 9.17) is 15.0 Å². The number of rotatable bonds is 6. The van der Waals surface area contributed by atoms with Gasteiger partial charge in [0.25, 0.3) is 0 Å². The first-order chi connectivity index (χ1) is 21.2. The van der Waals surface area contributed by atoms with Crippen LogP contribution in [0.1, 0.15) is 18.3 Å². The Morgan fingerprint density at radius 2 is 1.00 bits per heavy atom. The van der Waals surface area contributed by atoms with E-state index in [9.17, 15) is 0 Å². The molecule has 0 spiro atoms. The van der Waals surface area contributed by atoms with Crippen molar-refractivity contribution in [3.63, 3.8) is 0 Å². The van der Waals surface area contributed by atoms with Gasteiger partial charge >= 0.3 is 0 Å². The minimum Gasteiger partial charge on any atom is -0.208 e. The van der Waals surface area contributed by atoms with E-state index in [-0.39, 0.29) is 0 Å². The summed E-state index contributed by atoms with van der Waals surface area (Å²) in [6.07, 6.45) is 6.11. The van der Waals surface area contributed by atoms with Crippen molar-refractivity contribution in [2.24, 2.45) is 0 Å². The first kappa shape index (κ1) is 26.2. The predicted octanol–water partition coefficient (Wildman–Crippen LogP) is 10.3. The third kappa shape index (κ3) is 5.13. The summed E-state index contributed by atoms with van der Waals surface area (Å²) >= 11 is 0. The fourth-order valence-corrected chi connectivity index (χ4v) is 5.58. The summed E-state index contributed by atoms with van der Waals surface area (Å²) in [7, 11) is 0. The molecular weight excluding hydrogens is 522 g/mol. The van der Waals surface area contributed by atoms with Crippen LogP contribution in [0.25, 0.3) is 66.2 Å². The van der Waals surface area contributed by atoms with E-state index in [1.54, 1.807) is 0 Å². The highest BCUT2D eigenvalue weighted by Crippen LogP contribution is 2.36. The van der Waals surface area contributed by atoms with Crippen LogP contribution in [0.4, 0.5) is 0 Å². The van der Waals surface area contributed by atoms with Crippen molar-refractivity contribution >= 4 is 43.5 Å². The van der Waals surface area contributed by atoms with Crippen molar-refractivity contribution in [1.82, 2.24) is 15.0 Å². The summed E-state index contributed by atoms with van der Waals surface area (Å²) in [5.41, 5.74) is 4.94. The average Bonchev–Trinajstić information content (AvgIpc) is 3.08. The summed E-state index contributed by atoms with van der Waals surface area (Å²) in [5.74, 6) is 1.81. The highest BCUT2D eigenvalue weighted by atomic mass is 15.0. The van der Waals surface area contributed by atoms with Gasteiger partial charge in [-0.1, -0.05) is 146 Å². The Morgan fingerprint density at radius 3 is 1.53 bits per heavy atom. The molecule has 0 aliphatic carbocycles. The van der Waals surface area contributed by atoms with Gasteiger partial charge in [-0.05, 0) is 56.4 Å². The van der Waals surface area contributed by atoms with E-state index in [1.807, 2.05) is 72.8 Å². The van der Waals surface area contributed by atoms with Gasteiger partial charge in [-0.15, -0.1) is 0 Å². The van der Waals surface area contributed by atoms with Crippen molar-refractivity contribution in [3.05, 3.63) is 164 Å². The van der Waals surface area contributed by atoms with Crippen LogP contribution in [0.2, 0.25) is 0 Å². The number of aromatic nitrogens is 3. The Kier molecular flexibility index (Phi) is 6.90. The maximum Gasteiger partial charge on any atom is 0.164 e. The molecule has 3 nitrogen and oxygen atoms in total. The van der Waals surface area contributed by atoms with Crippen molar-refractivity contribution < 1.29 is 0 Å². The van der Waals surface area contributed by atoms with Gasteiger partial charge in [-0.2, -0.15) is 0 Å². The molecule has 0 saturated carbocycles. The van der Waals surface area contributed by atoms with E-state index in [0.717, 1.165) is 22.3 Å². The Morgan fingerprint density at radius 1 is 0.535 bits per heavy atom. The lowest BCUT2D eigenvalue weighted by molar-refractivity contribution is 1.04. The van der Waals surface area contributed by atoms with E-state index in [0.29, 0.717) is 17.5 Å². The molecule has 0 saturated heterocycles. The highest BCUT2D eigenvalue weighted by molar-refractivity contribution is 6.25. The largest absolute Gasteiger partial charge is 0.208 e. The van der Waals surface area contributed by atoms with Crippen molar-refractivity contribution in [1.29, 1.82) is 0 Å². The third-order valence-electron chi connectivity index (χ3n) is 7.83. The molecule has 0 aliphatic rings. The first-order valence-corrected chi connectivity index (χ1v) is 14.4. The minimum atomic E-state index is 0.555. The van der Waals surface area contributed by atoms with Gasteiger partial charge in [0, 0.05) is 16.7 Å². The Labute approximate surface area is 251 Å². The highest BCUT2D eigenvalue weighted by Gasteiger charge is 2.12. The molecule has 3 heteroatoms. The number of nitrogens with zero attached hydrogens (tertiary/aromatic N) is 3. The zero-order valence-electron chi connectivity index (χ0n) is 23.9. The molecule has 7 rings (SSSR count). The molecule has 0 N–H and O–H groups in total. The SMILES string of the molecule is C=C(/C=C\C=C(/C)c1ccc2c3ccccc3c3ccccc3c2c1)c1nc(-c2ccccc2)nc(-c2ccccc2)n1. The molecular formula is C40H29N3. The smallest absolute Gasteiger partial charge is 0.164 e. The van der Waals surface area contributed by atoms with Crippen LogP contribution in [0, 0.1) is 0 Å². The fourth-order valence-electron chi connectivity index (χ4n) is 5.58. The zero-order valence-corrected chi connectivity index (χ0v) is 23.9. The lowest BCUT2D eigenvalue weighted by atomic mass is 9.92. The molecule has 0 unspecified atom stereocenters. The molecule has 7 aromatic rings. The molecule has 0 fully saturated rings. The number of benzene rings is 6. The zero-order chi connectivity index (χ0) is 29.2. The third-order valence-corrected chi connectivity index (χ3v) is 7.83. The van der Waals surface area contributed by atoms with Crippen molar-refractivity contribution in [2.75, 3.05) is 0 Å². The van der Waals surface area contributed by atoms with Crippen LogP contribution >= 0.6 is 0 Å². The van der Waals surface area contributed by atoms with Gasteiger partial charge in [-0.3, -0.25) is 0 Å². The quantitative estimate of drug-likeness (QED) is 0.152. The first-order valence-electron chi connectivity index (χ1n) is 14.4. The van der Waals surface area contributed by atoms with E-state index in [1.165, 1.54) is 37.9 Å². The fraction of sp³-hybridized carbons (Fsp3) is 0.0250. The molecule has 0 amide bonds. The summed E-state index contributed by atoms with van der Waals surface area (Å²) in [5, 5.41) is 7.66. The maximum atomic E-state index is 4.78. The van der Waals surface area contributed by atoms with Gasteiger partial charge in [0.2, 0.25) is 0 Å². The van der Waals surface area contributed by atoms with Crippen LogP contribution in [-0.4, -0.2) is 15.0 Å². The second kappa shape index (κ2) is 11.3. The van der Waals surface area contributed by atoms with Gasteiger partial charge in [-0.25, -0.2) is 15.0 Å². The summed E-state index contributed by atoms with van der Waals surface area (Å²) < 4.78 is 0. The van der Waals surface area contributed by atoms with Crippen LogP contribution in [0.5, 0.6) is 0 Å². The van der Waals surface area contributed by atoms with Gasteiger partial charge in [0.15, 0.2) is 17.5 Å². The lowest BCUT2D eigenvalue weighted by Gasteiger charge is -2.12. The van der Waals surface area contributed by atoms with E-state index in [2.05, 4.69) is 86.3 Å². The Hall–Kier alpha value is -5.67. The summed E-state index contributed by atoms with van der Waals surface area (Å²) in [4.78, 5) is 14.3. The Bertz CT molecular complexity index is 2100. The summed E-state index contributed by atoms with van der Waals surface area (Å²) in [6.45, 7) is 6.44. The average molecular weight is 552 g/mol. The van der Waals surface area contributed by atoms with Crippen molar-refractivity contribution in [3.8, 4) is 22.8 Å². The molecule has 6 aromatic carbocycles. The van der Waals surface area contributed by atoms with Gasteiger partial charge in [0.05, 0.1) is 0 Å². The summed E-state index contributed by atoms with van der Waals surface area (Å²) in [6, 6.07) is 44.1. The van der Waals surface area contributed by atoms with Crippen LogP contribution < -0.4 is 0 Å². The van der Waals surface area contributed by atoms with Crippen LogP contribution in [0.15, 0.2) is 152 Å². The number of fused-ring (bicyclic) bond motifs is 6. The van der Waals surface area contributed by atoms with Crippen LogP contribution in [-0.2, 0) is 0 Å². The van der Waals surface area contributed by atoms with Crippen molar-refractivity contribution in [2.45, 2.75) is 6.92 Å². The molecule has 1 heterocycles. The second-order valence-electron chi connectivity index (χ2n) is 10.6. The normalized spacial score (nSPS) is 12.0.